The van der Waals surface area contributed by atoms with Gasteiger partial charge in [-0.05, 0) is 51.5 Å². The van der Waals surface area contributed by atoms with Crippen molar-refractivity contribution in [2.75, 3.05) is 13.1 Å². The Morgan fingerprint density at radius 2 is 1.33 bits per heavy atom. The molecule has 4 aliphatic rings. The molecule has 3 nitrogen and oxygen atoms in total. The van der Waals surface area contributed by atoms with Crippen molar-refractivity contribution in [2.24, 2.45) is 0 Å². The lowest BCUT2D eigenvalue weighted by molar-refractivity contribution is -0.0884. The molecule has 0 spiro atoms. The van der Waals surface area contributed by atoms with E-state index in [1.165, 1.54) is 45.1 Å². The van der Waals surface area contributed by atoms with Gasteiger partial charge in [-0.15, -0.1) is 0 Å². The molecule has 4 rings (SSSR count). The van der Waals surface area contributed by atoms with Crippen LogP contribution in [0.25, 0.3) is 0 Å². The van der Waals surface area contributed by atoms with Crippen molar-refractivity contribution in [3.63, 3.8) is 0 Å². The fourth-order valence-corrected chi connectivity index (χ4v) is 5.19. The fraction of sp³-hybridized carbons (Fsp3) is 1.00. The Morgan fingerprint density at radius 3 is 2.17 bits per heavy atom. The normalized spacial score (nSPS) is 49.5. The maximum absolute atomic E-state index is 9.90. The average molecular weight is 250 g/mol. The molecule has 0 aromatic heterocycles. The summed E-state index contributed by atoms with van der Waals surface area (Å²) in [5.74, 6) is 0. The Kier molecular flexibility index (Phi) is 2.90. The number of hydrogen-bond donors (Lipinski definition) is 1. The summed E-state index contributed by atoms with van der Waals surface area (Å²) in [5, 5.41) is 9.90. The smallest absolute Gasteiger partial charge is 0.0567 e. The molecule has 4 heterocycles. The van der Waals surface area contributed by atoms with Crippen LogP contribution < -0.4 is 0 Å². The standard InChI is InChI=1S/C15H26N2O/c18-15-4-6-17-12-7-11-3-1-2-5-16(11)13(8-12)9-14(17)10-15/h11-15,18H,1-10H2/t11-,12+,13+,14-,15?/m1/s1. The van der Waals surface area contributed by atoms with Crippen molar-refractivity contribution >= 4 is 0 Å². The van der Waals surface area contributed by atoms with Crippen LogP contribution in [0.1, 0.15) is 51.4 Å². The average Bonchev–Trinajstić information content (AvgIpc) is 2.38. The zero-order valence-electron chi connectivity index (χ0n) is 11.3. The minimum absolute atomic E-state index is 0.0257. The topological polar surface area (TPSA) is 26.7 Å². The minimum atomic E-state index is -0.0257. The zero-order chi connectivity index (χ0) is 12.1. The van der Waals surface area contributed by atoms with Gasteiger partial charge < -0.3 is 5.11 Å². The molecule has 1 N–H and O–H groups in total. The van der Waals surface area contributed by atoms with E-state index in [1.807, 2.05) is 0 Å². The van der Waals surface area contributed by atoms with Crippen molar-refractivity contribution in [2.45, 2.75) is 81.6 Å². The predicted molar refractivity (Wildman–Crippen MR) is 71.5 cm³/mol. The molecule has 0 amide bonds. The van der Waals surface area contributed by atoms with Gasteiger partial charge in [0, 0.05) is 30.7 Å². The molecule has 0 aliphatic carbocycles. The van der Waals surface area contributed by atoms with E-state index < -0.39 is 0 Å². The Labute approximate surface area is 110 Å². The van der Waals surface area contributed by atoms with Crippen molar-refractivity contribution < 1.29 is 5.11 Å². The van der Waals surface area contributed by atoms with Crippen LogP contribution in [-0.4, -0.2) is 58.3 Å². The number of aliphatic hydroxyl groups is 1. The van der Waals surface area contributed by atoms with Crippen LogP contribution in [0.2, 0.25) is 0 Å². The largest absolute Gasteiger partial charge is 0.393 e. The molecule has 4 aliphatic heterocycles. The SMILES string of the molecule is OC1CCN2[C@@H]3C[C@@H](C[C@@H]2C1)N1CCCC[C@@H]1C3. The van der Waals surface area contributed by atoms with Crippen LogP contribution in [0.3, 0.4) is 0 Å². The van der Waals surface area contributed by atoms with Gasteiger partial charge in [0.15, 0.2) is 0 Å². The molecule has 0 aromatic carbocycles. The molecule has 4 saturated heterocycles. The second-order valence-electron chi connectivity index (χ2n) is 6.97. The molecule has 18 heavy (non-hydrogen) atoms. The fourth-order valence-electron chi connectivity index (χ4n) is 5.19. The third-order valence-electron chi connectivity index (χ3n) is 5.98. The van der Waals surface area contributed by atoms with Crippen LogP contribution in [0.5, 0.6) is 0 Å². The first kappa shape index (κ1) is 11.7. The second kappa shape index (κ2) is 4.46. The first-order valence-corrected chi connectivity index (χ1v) is 8.01. The van der Waals surface area contributed by atoms with E-state index in [4.69, 9.17) is 0 Å². The second-order valence-corrected chi connectivity index (χ2v) is 6.97. The molecule has 3 heteroatoms. The number of piperidine rings is 4. The Hall–Kier alpha value is -0.120. The quantitative estimate of drug-likeness (QED) is 0.707. The molecule has 5 atom stereocenters. The molecule has 2 bridgehead atoms. The maximum atomic E-state index is 9.90. The molecular formula is C15H26N2O. The van der Waals surface area contributed by atoms with Gasteiger partial charge in [-0.1, -0.05) is 6.42 Å². The third-order valence-corrected chi connectivity index (χ3v) is 5.98. The highest BCUT2D eigenvalue weighted by Gasteiger charge is 2.46. The monoisotopic (exact) mass is 250 g/mol. The summed E-state index contributed by atoms with van der Waals surface area (Å²) in [4.78, 5) is 5.59. The maximum Gasteiger partial charge on any atom is 0.0567 e. The van der Waals surface area contributed by atoms with E-state index in [9.17, 15) is 5.11 Å². The minimum Gasteiger partial charge on any atom is -0.393 e. The van der Waals surface area contributed by atoms with E-state index in [2.05, 4.69) is 9.80 Å². The molecule has 4 fully saturated rings. The molecule has 0 radical (unpaired) electrons. The van der Waals surface area contributed by atoms with Crippen molar-refractivity contribution in [1.29, 1.82) is 0 Å². The first-order valence-electron chi connectivity index (χ1n) is 8.01. The van der Waals surface area contributed by atoms with Crippen molar-refractivity contribution in [3.8, 4) is 0 Å². The van der Waals surface area contributed by atoms with E-state index in [-0.39, 0.29) is 6.10 Å². The number of hydrogen-bond acceptors (Lipinski definition) is 3. The van der Waals surface area contributed by atoms with Gasteiger partial charge in [0.2, 0.25) is 0 Å². The highest BCUT2D eigenvalue weighted by molar-refractivity contribution is 5.02. The number of aliphatic hydroxyl groups excluding tert-OH is 1. The van der Waals surface area contributed by atoms with E-state index in [0.717, 1.165) is 37.5 Å². The van der Waals surface area contributed by atoms with Gasteiger partial charge in [0.25, 0.3) is 0 Å². The van der Waals surface area contributed by atoms with Crippen LogP contribution in [0.15, 0.2) is 0 Å². The number of nitrogens with zero attached hydrogens (tertiary/aromatic N) is 2. The lowest BCUT2D eigenvalue weighted by Gasteiger charge is -2.58. The van der Waals surface area contributed by atoms with Crippen LogP contribution in [0, 0.1) is 0 Å². The number of rotatable bonds is 0. The predicted octanol–water partition coefficient (Wildman–Crippen LogP) is 1.60. The summed E-state index contributed by atoms with van der Waals surface area (Å²) < 4.78 is 0. The summed E-state index contributed by atoms with van der Waals surface area (Å²) in [6, 6.07) is 3.23. The van der Waals surface area contributed by atoms with Gasteiger partial charge >= 0.3 is 0 Å². The summed E-state index contributed by atoms with van der Waals surface area (Å²) >= 11 is 0. The van der Waals surface area contributed by atoms with Gasteiger partial charge in [0.05, 0.1) is 6.10 Å². The van der Waals surface area contributed by atoms with Crippen LogP contribution in [-0.2, 0) is 0 Å². The lowest BCUT2D eigenvalue weighted by atomic mass is 9.76. The van der Waals surface area contributed by atoms with E-state index >= 15 is 0 Å². The Bertz CT molecular complexity index is 322. The summed E-state index contributed by atoms with van der Waals surface area (Å²) in [6.45, 7) is 2.49. The molecular weight excluding hydrogens is 224 g/mol. The summed E-state index contributed by atoms with van der Waals surface area (Å²) in [7, 11) is 0. The van der Waals surface area contributed by atoms with Crippen LogP contribution >= 0.6 is 0 Å². The Morgan fingerprint density at radius 1 is 0.667 bits per heavy atom. The lowest BCUT2D eigenvalue weighted by Crippen LogP contribution is -2.65. The van der Waals surface area contributed by atoms with Crippen molar-refractivity contribution in [1.82, 2.24) is 9.80 Å². The molecule has 0 saturated carbocycles. The summed E-state index contributed by atoms with van der Waals surface area (Å²) in [6.07, 6.45) is 10.4. The van der Waals surface area contributed by atoms with Crippen LogP contribution in [0.4, 0.5) is 0 Å². The molecule has 0 aromatic rings. The van der Waals surface area contributed by atoms with Gasteiger partial charge in [0.1, 0.15) is 0 Å². The zero-order valence-corrected chi connectivity index (χ0v) is 11.3. The van der Waals surface area contributed by atoms with E-state index in [0.29, 0.717) is 6.04 Å². The number of fused-ring (bicyclic) bond motifs is 6. The molecule has 102 valence electrons. The van der Waals surface area contributed by atoms with Crippen molar-refractivity contribution in [3.05, 3.63) is 0 Å². The molecule has 1 unspecified atom stereocenters. The van der Waals surface area contributed by atoms with Gasteiger partial charge in [-0.25, -0.2) is 0 Å². The highest BCUT2D eigenvalue weighted by atomic mass is 16.3. The third kappa shape index (κ3) is 1.83. The van der Waals surface area contributed by atoms with Gasteiger partial charge in [-0.2, -0.15) is 0 Å². The highest BCUT2D eigenvalue weighted by Crippen LogP contribution is 2.41. The summed E-state index contributed by atoms with van der Waals surface area (Å²) in [5.41, 5.74) is 0. The van der Waals surface area contributed by atoms with E-state index in [1.54, 1.807) is 0 Å². The first-order chi connectivity index (χ1) is 8.81. The van der Waals surface area contributed by atoms with Gasteiger partial charge in [-0.3, -0.25) is 9.80 Å². The Balaban J connectivity index is 1.54.